The van der Waals surface area contributed by atoms with Gasteiger partial charge in [-0.3, -0.25) is 9.59 Å². The van der Waals surface area contributed by atoms with E-state index in [9.17, 15) is 9.59 Å². The van der Waals surface area contributed by atoms with E-state index in [1.807, 2.05) is 37.4 Å². The number of carbonyl (C=O) groups excluding carboxylic acids is 2. The Morgan fingerprint density at radius 3 is 2.50 bits per heavy atom. The van der Waals surface area contributed by atoms with Crippen LogP contribution in [0.15, 0.2) is 0 Å². The highest BCUT2D eigenvalue weighted by molar-refractivity contribution is 7.99. The zero-order valence-corrected chi connectivity index (χ0v) is 14.2. The van der Waals surface area contributed by atoms with Gasteiger partial charge in [-0.1, -0.05) is 34.1 Å². The Morgan fingerprint density at radius 2 is 2.00 bits per heavy atom. The van der Waals surface area contributed by atoms with Crippen molar-refractivity contribution in [1.82, 2.24) is 10.2 Å². The second-order valence-corrected chi connectivity index (χ2v) is 7.09. The predicted molar refractivity (Wildman–Crippen MR) is 84.8 cm³/mol. The van der Waals surface area contributed by atoms with Crippen molar-refractivity contribution in [1.29, 1.82) is 0 Å². The molecular weight excluding hydrogens is 272 g/mol. The summed E-state index contributed by atoms with van der Waals surface area (Å²) in [6.07, 6.45) is 1.52. The van der Waals surface area contributed by atoms with Crippen LogP contribution in [0, 0.1) is 5.92 Å². The zero-order valence-electron chi connectivity index (χ0n) is 13.4. The maximum Gasteiger partial charge on any atom is 0.248 e. The number of nitrogens with one attached hydrogen (secondary N) is 1. The van der Waals surface area contributed by atoms with Gasteiger partial charge in [0, 0.05) is 12.3 Å². The SMILES string of the molecule is CCSCCN1C(=O)C(C)(CC)NC(=O)C1C(C)CC. The molecule has 0 aromatic heterocycles. The van der Waals surface area contributed by atoms with Gasteiger partial charge in [0.15, 0.2) is 0 Å². The zero-order chi connectivity index (χ0) is 15.3. The monoisotopic (exact) mass is 300 g/mol. The van der Waals surface area contributed by atoms with Gasteiger partial charge in [-0.2, -0.15) is 11.8 Å². The van der Waals surface area contributed by atoms with Crippen LogP contribution in [-0.2, 0) is 9.59 Å². The topological polar surface area (TPSA) is 49.4 Å². The molecule has 20 heavy (non-hydrogen) atoms. The van der Waals surface area contributed by atoms with Gasteiger partial charge >= 0.3 is 0 Å². The normalized spacial score (nSPS) is 28.4. The smallest absolute Gasteiger partial charge is 0.248 e. The molecule has 5 heteroatoms. The van der Waals surface area contributed by atoms with Crippen molar-refractivity contribution in [2.75, 3.05) is 18.1 Å². The predicted octanol–water partition coefficient (Wildman–Crippen LogP) is 2.28. The van der Waals surface area contributed by atoms with Crippen LogP contribution in [-0.4, -0.2) is 46.3 Å². The van der Waals surface area contributed by atoms with Crippen LogP contribution in [0.5, 0.6) is 0 Å². The fraction of sp³-hybridized carbons (Fsp3) is 0.867. The molecule has 0 saturated carbocycles. The third-order valence-electron chi connectivity index (χ3n) is 4.31. The summed E-state index contributed by atoms with van der Waals surface area (Å²) in [5.41, 5.74) is -0.738. The Morgan fingerprint density at radius 1 is 1.35 bits per heavy atom. The Balaban J connectivity index is 2.97. The van der Waals surface area contributed by atoms with Gasteiger partial charge in [0.1, 0.15) is 11.6 Å². The maximum atomic E-state index is 12.8. The molecule has 1 fully saturated rings. The standard InChI is InChI=1S/C15H28N2O2S/c1-6-11(4)12-13(18)16-15(5,7-2)14(19)17(12)9-10-20-8-3/h11-12H,6-10H2,1-5H3,(H,16,18). The van der Waals surface area contributed by atoms with Gasteiger partial charge in [0.2, 0.25) is 11.8 Å². The molecule has 1 saturated heterocycles. The summed E-state index contributed by atoms with van der Waals surface area (Å²) in [4.78, 5) is 27.0. The molecule has 0 bridgehead atoms. The van der Waals surface area contributed by atoms with E-state index in [-0.39, 0.29) is 23.8 Å². The van der Waals surface area contributed by atoms with E-state index < -0.39 is 5.54 Å². The lowest BCUT2D eigenvalue weighted by molar-refractivity contribution is -0.156. The van der Waals surface area contributed by atoms with E-state index in [1.165, 1.54) is 0 Å². The van der Waals surface area contributed by atoms with Crippen molar-refractivity contribution in [3.05, 3.63) is 0 Å². The average molecular weight is 300 g/mol. The molecule has 0 spiro atoms. The second-order valence-electron chi connectivity index (χ2n) is 5.70. The first kappa shape index (κ1) is 17.3. The minimum absolute atomic E-state index is 0.00444. The van der Waals surface area contributed by atoms with Crippen molar-refractivity contribution >= 4 is 23.6 Å². The number of carbonyl (C=O) groups is 2. The lowest BCUT2D eigenvalue weighted by Gasteiger charge is -2.46. The molecule has 1 aliphatic rings. The minimum Gasteiger partial charge on any atom is -0.340 e. The highest BCUT2D eigenvalue weighted by Gasteiger charge is 2.47. The highest BCUT2D eigenvalue weighted by Crippen LogP contribution is 2.26. The maximum absolute atomic E-state index is 12.8. The Bertz CT molecular complexity index is 362. The van der Waals surface area contributed by atoms with E-state index >= 15 is 0 Å². The van der Waals surface area contributed by atoms with Crippen molar-refractivity contribution < 1.29 is 9.59 Å². The summed E-state index contributed by atoms with van der Waals surface area (Å²) in [6, 6.07) is -0.315. The molecule has 1 rings (SSSR count). The average Bonchev–Trinajstić information content (AvgIpc) is 2.43. The summed E-state index contributed by atoms with van der Waals surface area (Å²) in [7, 11) is 0. The van der Waals surface area contributed by atoms with Crippen LogP contribution in [0.25, 0.3) is 0 Å². The second kappa shape index (κ2) is 7.34. The molecule has 3 unspecified atom stereocenters. The molecule has 1 aliphatic heterocycles. The molecule has 0 aliphatic carbocycles. The Kier molecular flexibility index (Phi) is 6.37. The quantitative estimate of drug-likeness (QED) is 0.734. The van der Waals surface area contributed by atoms with Gasteiger partial charge in [0.25, 0.3) is 0 Å². The summed E-state index contributed by atoms with van der Waals surface area (Å²) >= 11 is 1.81. The number of thioether (sulfide) groups is 1. The van der Waals surface area contributed by atoms with Crippen LogP contribution in [0.4, 0.5) is 0 Å². The van der Waals surface area contributed by atoms with Gasteiger partial charge in [-0.05, 0) is 25.0 Å². The summed E-state index contributed by atoms with van der Waals surface area (Å²) in [5, 5.41) is 2.94. The van der Waals surface area contributed by atoms with Gasteiger partial charge in [0.05, 0.1) is 0 Å². The molecule has 3 atom stereocenters. The summed E-state index contributed by atoms with van der Waals surface area (Å²) in [5.74, 6) is 2.19. The molecule has 1 N–H and O–H groups in total. The first-order valence-corrected chi connectivity index (χ1v) is 8.77. The third kappa shape index (κ3) is 3.48. The molecule has 0 radical (unpaired) electrons. The minimum atomic E-state index is -0.738. The lowest BCUT2D eigenvalue weighted by Crippen LogP contribution is -2.70. The van der Waals surface area contributed by atoms with Crippen LogP contribution >= 0.6 is 11.8 Å². The van der Waals surface area contributed by atoms with Crippen molar-refractivity contribution in [2.24, 2.45) is 5.92 Å². The molecule has 0 aromatic rings. The number of nitrogens with zero attached hydrogens (tertiary/aromatic N) is 1. The van der Waals surface area contributed by atoms with Crippen LogP contribution in [0.2, 0.25) is 0 Å². The molecule has 1 heterocycles. The molecule has 116 valence electrons. The summed E-state index contributed by atoms with van der Waals surface area (Å²) < 4.78 is 0. The largest absolute Gasteiger partial charge is 0.340 e. The number of hydrogen-bond donors (Lipinski definition) is 1. The van der Waals surface area contributed by atoms with Crippen molar-refractivity contribution in [3.8, 4) is 0 Å². The molecular formula is C15H28N2O2S. The lowest BCUT2D eigenvalue weighted by atomic mass is 9.87. The van der Waals surface area contributed by atoms with Gasteiger partial charge < -0.3 is 10.2 Å². The molecule has 2 amide bonds. The number of piperazine rings is 1. The Labute approximate surface area is 127 Å². The van der Waals surface area contributed by atoms with E-state index in [0.29, 0.717) is 13.0 Å². The Hall–Kier alpha value is -0.710. The van der Waals surface area contributed by atoms with E-state index in [2.05, 4.69) is 19.2 Å². The van der Waals surface area contributed by atoms with E-state index in [1.54, 1.807) is 0 Å². The molecule has 4 nitrogen and oxygen atoms in total. The third-order valence-corrected chi connectivity index (χ3v) is 5.19. The summed E-state index contributed by atoms with van der Waals surface area (Å²) in [6.45, 7) is 10.7. The van der Waals surface area contributed by atoms with Crippen LogP contribution < -0.4 is 5.32 Å². The molecule has 0 aromatic carbocycles. The number of hydrogen-bond acceptors (Lipinski definition) is 3. The highest BCUT2D eigenvalue weighted by atomic mass is 32.2. The van der Waals surface area contributed by atoms with E-state index in [0.717, 1.165) is 17.9 Å². The van der Waals surface area contributed by atoms with Crippen molar-refractivity contribution in [2.45, 2.75) is 59.0 Å². The number of amides is 2. The van der Waals surface area contributed by atoms with Crippen LogP contribution in [0.3, 0.4) is 0 Å². The van der Waals surface area contributed by atoms with Crippen LogP contribution in [0.1, 0.15) is 47.5 Å². The first-order chi connectivity index (χ1) is 9.41. The first-order valence-electron chi connectivity index (χ1n) is 7.62. The van der Waals surface area contributed by atoms with Gasteiger partial charge in [-0.25, -0.2) is 0 Å². The fourth-order valence-corrected chi connectivity index (χ4v) is 3.17. The fourth-order valence-electron chi connectivity index (χ4n) is 2.56. The van der Waals surface area contributed by atoms with E-state index in [4.69, 9.17) is 0 Å². The van der Waals surface area contributed by atoms with Gasteiger partial charge in [-0.15, -0.1) is 0 Å². The number of rotatable bonds is 7. The van der Waals surface area contributed by atoms with Crippen molar-refractivity contribution in [3.63, 3.8) is 0 Å².